The number of benzene rings is 2. The Morgan fingerprint density at radius 1 is 0.864 bits per heavy atom. The number of nitrogens with zero attached hydrogens (tertiary/aromatic N) is 1. The number of aliphatic hydroxyl groups is 1. The van der Waals surface area contributed by atoms with Crippen LogP contribution in [0, 0.1) is 0 Å². The summed E-state index contributed by atoms with van der Waals surface area (Å²) in [5, 5.41) is 10.8. The second kappa shape index (κ2) is 7.57. The van der Waals surface area contributed by atoms with E-state index >= 15 is 0 Å². The lowest BCUT2D eigenvalue weighted by Crippen LogP contribution is -2.31. The van der Waals surface area contributed by atoms with Crippen molar-refractivity contribution in [2.45, 2.75) is 32.8 Å². The topological polar surface area (TPSA) is 23.5 Å². The molecule has 1 unspecified atom stereocenters. The van der Waals surface area contributed by atoms with Crippen molar-refractivity contribution in [3.05, 3.63) is 60.2 Å². The molecule has 118 valence electrons. The fraction of sp³-hybridized carbons (Fsp3) is 0.400. The summed E-state index contributed by atoms with van der Waals surface area (Å²) in [5.41, 5.74) is 2.60. The van der Waals surface area contributed by atoms with Crippen molar-refractivity contribution in [3.63, 3.8) is 0 Å². The largest absolute Gasteiger partial charge is 0.385 e. The SMILES string of the molecule is CCN(CC)CCC(C)(O)c1ccc(-c2ccccc2)cc1. The molecule has 2 aromatic rings. The van der Waals surface area contributed by atoms with E-state index in [9.17, 15) is 5.11 Å². The summed E-state index contributed by atoms with van der Waals surface area (Å²) in [6.07, 6.45) is 0.749. The highest BCUT2D eigenvalue weighted by atomic mass is 16.3. The molecule has 0 saturated carbocycles. The van der Waals surface area contributed by atoms with E-state index in [2.05, 4.69) is 43.0 Å². The number of hydrogen-bond donors (Lipinski definition) is 1. The van der Waals surface area contributed by atoms with Gasteiger partial charge in [0.1, 0.15) is 0 Å². The predicted molar refractivity (Wildman–Crippen MR) is 93.9 cm³/mol. The quantitative estimate of drug-likeness (QED) is 0.824. The Labute approximate surface area is 134 Å². The van der Waals surface area contributed by atoms with Crippen molar-refractivity contribution in [2.75, 3.05) is 19.6 Å². The third kappa shape index (κ3) is 4.19. The summed E-state index contributed by atoms with van der Waals surface area (Å²) >= 11 is 0. The van der Waals surface area contributed by atoms with Crippen LogP contribution in [-0.4, -0.2) is 29.6 Å². The van der Waals surface area contributed by atoms with Gasteiger partial charge in [-0.05, 0) is 43.1 Å². The van der Waals surface area contributed by atoms with Crippen LogP contribution >= 0.6 is 0 Å². The molecule has 2 heteroatoms. The minimum atomic E-state index is -0.780. The molecule has 2 rings (SSSR count). The Morgan fingerprint density at radius 3 is 1.95 bits per heavy atom. The van der Waals surface area contributed by atoms with E-state index in [1.165, 1.54) is 11.1 Å². The van der Waals surface area contributed by atoms with Gasteiger partial charge >= 0.3 is 0 Å². The first-order valence-electron chi connectivity index (χ1n) is 8.17. The molecule has 0 aliphatic rings. The smallest absolute Gasteiger partial charge is 0.0880 e. The lowest BCUT2D eigenvalue weighted by molar-refractivity contribution is 0.0369. The van der Waals surface area contributed by atoms with Crippen LogP contribution in [0.1, 0.15) is 32.8 Å². The first kappa shape index (κ1) is 16.7. The third-order valence-corrected chi connectivity index (χ3v) is 4.42. The number of hydrogen-bond acceptors (Lipinski definition) is 2. The van der Waals surface area contributed by atoms with E-state index in [0.29, 0.717) is 0 Å². The monoisotopic (exact) mass is 297 g/mol. The van der Waals surface area contributed by atoms with E-state index < -0.39 is 5.60 Å². The predicted octanol–water partition coefficient (Wildman–Crippen LogP) is 4.29. The normalized spacial score (nSPS) is 14.0. The molecule has 0 radical (unpaired) electrons. The van der Waals surface area contributed by atoms with E-state index in [1.54, 1.807) is 0 Å². The molecule has 0 aromatic heterocycles. The van der Waals surface area contributed by atoms with Gasteiger partial charge in [0, 0.05) is 6.54 Å². The minimum absolute atomic E-state index is 0.749. The van der Waals surface area contributed by atoms with Crippen LogP contribution in [0.15, 0.2) is 54.6 Å². The average Bonchev–Trinajstić information content (AvgIpc) is 2.57. The average molecular weight is 297 g/mol. The lowest BCUT2D eigenvalue weighted by Gasteiger charge is -2.28. The molecule has 2 aromatic carbocycles. The second-order valence-corrected chi connectivity index (χ2v) is 5.99. The molecule has 0 heterocycles. The van der Waals surface area contributed by atoms with Gasteiger partial charge < -0.3 is 10.0 Å². The summed E-state index contributed by atoms with van der Waals surface area (Å²) in [7, 11) is 0. The molecule has 2 nitrogen and oxygen atoms in total. The van der Waals surface area contributed by atoms with Crippen LogP contribution in [0.25, 0.3) is 11.1 Å². The first-order chi connectivity index (χ1) is 10.6. The third-order valence-electron chi connectivity index (χ3n) is 4.42. The molecule has 0 fully saturated rings. The Balaban J connectivity index is 2.08. The Kier molecular flexibility index (Phi) is 5.76. The van der Waals surface area contributed by atoms with Crippen molar-refractivity contribution in [1.29, 1.82) is 0 Å². The minimum Gasteiger partial charge on any atom is -0.385 e. The fourth-order valence-corrected chi connectivity index (χ4v) is 2.71. The second-order valence-electron chi connectivity index (χ2n) is 5.99. The Morgan fingerprint density at radius 2 is 1.41 bits per heavy atom. The highest BCUT2D eigenvalue weighted by Gasteiger charge is 2.23. The van der Waals surface area contributed by atoms with Crippen molar-refractivity contribution in [1.82, 2.24) is 4.90 Å². The van der Waals surface area contributed by atoms with Gasteiger partial charge in [-0.15, -0.1) is 0 Å². The van der Waals surface area contributed by atoms with Gasteiger partial charge in [0.2, 0.25) is 0 Å². The first-order valence-corrected chi connectivity index (χ1v) is 8.17. The van der Waals surface area contributed by atoms with Crippen molar-refractivity contribution in [3.8, 4) is 11.1 Å². The van der Waals surface area contributed by atoms with Gasteiger partial charge in [0.25, 0.3) is 0 Å². The van der Waals surface area contributed by atoms with Gasteiger partial charge in [0.05, 0.1) is 5.60 Å². The maximum atomic E-state index is 10.8. The summed E-state index contributed by atoms with van der Waals surface area (Å²) in [5.74, 6) is 0. The van der Waals surface area contributed by atoms with E-state index in [-0.39, 0.29) is 0 Å². The molecule has 0 amide bonds. The molecule has 22 heavy (non-hydrogen) atoms. The van der Waals surface area contributed by atoms with Crippen LogP contribution in [-0.2, 0) is 5.60 Å². The molecular weight excluding hydrogens is 270 g/mol. The van der Waals surface area contributed by atoms with Crippen LogP contribution in [0.4, 0.5) is 0 Å². The number of rotatable bonds is 7. The zero-order valence-electron chi connectivity index (χ0n) is 13.9. The molecule has 0 spiro atoms. The van der Waals surface area contributed by atoms with Crippen molar-refractivity contribution < 1.29 is 5.11 Å². The zero-order valence-corrected chi connectivity index (χ0v) is 13.9. The van der Waals surface area contributed by atoms with E-state index in [1.807, 2.05) is 37.3 Å². The molecule has 1 N–H and O–H groups in total. The maximum absolute atomic E-state index is 10.8. The van der Waals surface area contributed by atoms with Gasteiger partial charge in [-0.2, -0.15) is 0 Å². The van der Waals surface area contributed by atoms with Gasteiger partial charge in [0.15, 0.2) is 0 Å². The van der Waals surface area contributed by atoms with E-state index in [0.717, 1.165) is 31.6 Å². The van der Waals surface area contributed by atoms with Crippen molar-refractivity contribution in [2.24, 2.45) is 0 Å². The van der Waals surface area contributed by atoms with E-state index in [4.69, 9.17) is 0 Å². The standard InChI is InChI=1S/C20H27NO/c1-4-21(5-2)16-15-20(3,22)19-13-11-18(12-14-19)17-9-7-6-8-10-17/h6-14,22H,4-5,15-16H2,1-3H3. The van der Waals surface area contributed by atoms with Gasteiger partial charge in [-0.1, -0.05) is 68.4 Å². The van der Waals surface area contributed by atoms with Gasteiger partial charge in [-0.25, -0.2) is 0 Å². The molecule has 0 aliphatic heterocycles. The molecule has 0 bridgehead atoms. The fourth-order valence-electron chi connectivity index (χ4n) is 2.71. The summed E-state index contributed by atoms with van der Waals surface area (Å²) in [6, 6.07) is 18.6. The Hall–Kier alpha value is -1.64. The molecule has 0 saturated heterocycles. The van der Waals surface area contributed by atoms with Crippen LogP contribution in [0.2, 0.25) is 0 Å². The maximum Gasteiger partial charge on any atom is 0.0880 e. The summed E-state index contributed by atoms with van der Waals surface area (Å²) < 4.78 is 0. The van der Waals surface area contributed by atoms with Gasteiger partial charge in [-0.3, -0.25) is 0 Å². The highest BCUT2D eigenvalue weighted by molar-refractivity contribution is 5.63. The summed E-state index contributed by atoms with van der Waals surface area (Å²) in [6.45, 7) is 9.20. The molecule has 0 aliphatic carbocycles. The van der Waals surface area contributed by atoms with Crippen LogP contribution in [0.5, 0.6) is 0 Å². The highest BCUT2D eigenvalue weighted by Crippen LogP contribution is 2.27. The zero-order chi connectivity index (χ0) is 16.0. The van der Waals surface area contributed by atoms with Crippen molar-refractivity contribution >= 4 is 0 Å². The van der Waals surface area contributed by atoms with Crippen LogP contribution < -0.4 is 0 Å². The lowest BCUT2D eigenvalue weighted by atomic mass is 9.91. The summed E-state index contributed by atoms with van der Waals surface area (Å²) in [4.78, 5) is 2.34. The molecule has 1 atom stereocenters. The van der Waals surface area contributed by atoms with Crippen LogP contribution in [0.3, 0.4) is 0 Å². The Bertz CT molecular complexity index is 556. The molecular formula is C20H27NO.